The molecule has 1 saturated heterocycles. The van der Waals surface area contributed by atoms with Gasteiger partial charge in [-0.2, -0.15) is 0 Å². The minimum absolute atomic E-state index is 0.149. The molecule has 0 radical (unpaired) electrons. The Morgan fingerprint density at radius 2 is 2.21 bits per heavy atom. The SMILES string of the molecule is COc1ccccc1CN(C)C(=O)C1(C)CCCN1. The fraction of sp³-hybridized carbons (Fsp3) is 0.533. The molecule has 0 aliphatic carbocycles. The Hall–Kier alpha value is -1.55. The van der Waals surface area contributed by atoms with Gasteiger partial charge in [0.2, 0.25) is 5.91 Å². The molecule has 1 aliphatic heterocycles. The first-order valence-electron chi connectivity index (χ1n) is 6.69. The third-order valence-electron chi connectivity index (χ3n) is 3.79. The predicted octanol–water partition coefficient (Wildman–Crippen LogP) is 1.80. The van der Waals surface area contributed by atoms with Gasteiger partial charge in [0, 0.05) is 19.2 Å². The van der Waals surface area contributed by atoms with Crippen LogP contribution in [0.5, 0.6) is 5.75 Å². The lowest BCUT2D eigenvalue weighted by atomic mass is 9.98. The summed E-state index contributed by atoms with van der Waals surface area (Å²) in [5, 5.41) is 3.31. The highest BCUT2D eigenvalue weighted by atomic mass is 16.5. The highest BCUT2D eigenvalue weighted by Gasteiger charge is 2.37. The zero-order chi connectivity index (χ0) is 13.9. The molecule has 1 aliphatic rings. The van der Waals surface area contributed by atoms with Crippen molar-refractivity contribution in [3.63, 3.8) is 0 Å². The maximum atomic E-state index is 12.5. The number of methoxy groups -OCH3 is 1. The topological polar surface area (TPSA) is 41.6 Å². The summed E-state index contributed by atoms with van der Waals surface area (Å²) in [4.78, 5) is 14.3. The molecule has 0 aromatic heterocycles. The van der Waals surface area contributed by atoms with Gasteiger partial charge in [-0.25, -0.2) is 0 Å². The van der Waals surface area contributed by atoms with Crippen LogP contribution in [-0.2, 0) is 11.3 Å². The molecule has 1 amide bonds. The standard InChI is InChI=1S/C15H22N2O2/c1-15(9-6-10-16-15)14(18)17(2)11-12-7-4-5-8-13(12)19-3/h4-5,7-8,16H,6,9-11H2,1-3H3. The summed E-state index contributed by atoms with van der Waals surface area (Å²) in [5.41, 5.74) is 0.624. The number of likely N-dealkylation sites (N-methyl/N-ethyl adjacent to an activating group) is 1. The van der Waals surface area contributed by atoms with E-state index in [4.69, 9.17) is 4.74 Å². The Morgan fingerprint density at radius 3 is 2.84 bits per heavy atom. The van der Waals surface area contributed by atoms with E-state index in [0.29, 0.717) is 6.54 Å². The number of ether oxygens (including phenoxy) is 1. The van der Waals surface area contributed by atoms with E-state index in [0.717, 1.165) is 30.7 Å². The van der Waals surface area contributed by atoms with Crippen LogP contribution in [0.1, 0.15) is 25.3 Å². The molecule has 1 aromatic carbocycles. The van der Waals surface area contributed by atoms with Crippen molar-refractivity contribution < 1.29 is 9.53 Å². The molecular weight excluding hydrogens is 240 g/mol. The smallest absolute Gasteiger partial charge is 0.242 e. The Kier molecular flexibility index (Phi) is 4.10. The van der Waals surface area contributed by atoms with E-state index < -0.39 is 5.54 Å². The summed E-state index contributed by atoms with van der Waals surface area (Å²) in [6.07, 6.45) is 1.97. The van der Waals surface area contributed by atoms with Gasteiger partial charge in [0.05, 0.1) is 12.6 Å². The number of hydrogen-bond donors (Lipinski definition) is 1. The molecule has 2 rings (SSSR count). The second-order valence-corrected chi connectivity index (χ2v) is 5.34. The van der Waals surface area contributed by atoms with Crippen molar-refractivity contribution in [3.05, 3.63) is 29.8 Å². The molecule has 1 aromatic rings. The van der Waals surface area contributed by atoms with E-state index in [1.54, 1.807) is 12.0 Å². The summed E-state index contributed by atoms with van der Waals surface area (Å²) >= 11 is 0. The van der Waals surface area contributed by atoms with E-state index in [-0.39, 0.29) is 5.91 Å². The van der Waals surface area contributed by atoms with Gasteiger partial charge in [-0.3, -0.25) is 4.79 Å². The van der Waals surface area contributed by atoms with Gasteiger partial charge in [0.25, 0.3) is 0 Å². The van der Waals surface area contributed by atoms with Gasteiger partial charge < -0.3 is 15.0 Å². The number of para-hydroxylation sites is 1. The van der Waals surface area contributed by atoms with Crippen LogP contribution in [0.3, 0.4) is 0 Å². The number of hydrogen-bond acceptors (Lipinski definition) is 3. The largest absolute Gasteiger partial charge is 0.496 e. The van der Waals surface area contributed by atoms with Gasteiger partial charge in [-0.15, -0.1) is 0 Å². The molecule has 104 valence electrons. The fourth-order valence-electron chi connectivity index (χ4n) is 2.66. The van der Waals surface area contributed by atoms with Crippen molar-refractivity contribution in [1.82, 2.24) is 10.2 Å². The molecule has 1 heterocycles. The van der Waals surface area contributed by atoms with Crippen molar-refractivity contribution in [2.24, 2.45) is 0 Å². The average Bonchev–Trinajstić information content (AvgIpc) is 2.86. The van der Waals surface area contributed by atoms with E-state index in [1.807, 2.05) is 38.2 Å². The van der Waals surface area contributed by atoms with Crippen molar-refractivity contribution in [2.45, 2.75) is 31.8 Å². The lowest BCUT2D eigenvalue weighted by Crippen LogP contribution is -2.51. The van der Waals surface area contributed by atoms with Crippen molar-refractivity contribution in [1.29, 1.82) is 0 Å². The number of benzene rings is 1. The van der Waals surface area contributed by atoms with Gasteiger partial charge in [0.15, 0.2) is 0 Å². The van der Waals surface area contributed by atoms with Crippen LogP contribution in [0.15, 0.2) is 24.3 Å². The molecule has 1 fully saturated rings. The van der Waals surface area contributed by atoms with Crippen LogP contribution in [0.4, 0.5) is 0 Å². The molecule has 1 N–H and O–H groups in total. The summed E-state index contributed by atoms with van der Waals surface area (Å²) in [6, 6.07) is 7.81. The third kappa shape index (κ3) is 2.89. The Labute approximate surface area is 114 Å². The van der Waals surface area contributed by atoms with Crippen molar-refractivity contribution in [2.75, 3.05) is 20.7 Å². The fourth-order valence-corrected chi connectivity index (χ4v) is 2.66. The molecular formula is C15H22N2O2. The van der Waals surface area contributed by atoms with E-state index in [2.05, 4.69) is 5.32 Å². The molecule has 19 heavy (non-hydrogen) atoms. The third-order valence-corrected chi connectivity index (χ3v) is 3.79. The molecule has 4 heteroatoms. The van der Waals surface area contributed by atoms with Crippen molar-refractivity contribution >= 4 is 5.91 Å². The zero-order valence-corrected chi connectivity index (χ0v) is 11.9. The molecule has 0 bridgehead atoms. The van der Waals surface area contributed by atoms with Crippen LogP contribution >= 0.6 is 0 Å². The Morgan fingerprint density at radius 1 is 1.47 bits per heavy atom. The normalized spacial score (nSPS) is 22.3. The summed E-state index contributed by atoms with van der Waals surface area (Å²) in [6.45, 7) is 3.48. The number of nitrogens with one attached hydrogen (secondary N) is 1. The first kappa shape index (κ1) is 13.9. The lowest BCUT2D eigenvalue weighted by molar-refractivity contribution is -0.136. The molecule has 4 nitrogen and oxygen atoms in total. The number of carbonyl (C=O) groups is 1. The number of rotatable bonds is 4. The monoisotopic (exact) mass is 262 g/mol. The van der Waals surface area contributed by atoms with E-state index in [1.165, 1.54) is 0 Å². The molecule has 1 atom stereocenters. The lowest BCUT2D eigenvalue weighted by Gasteiger charge is -2.29. The number of nitrogens with zero attached hydrogens (tertiary/aromatic N) is 1. The van der Waals surface area contributed by atoms with Gasteiger partial charge in [-0.1, -0.05) is 18.2 Å². The molecule has 0 saturated carbocycles. The maximum absolute atomic E-state index is 12.5. The highest BCUT2D eigenvalue weighted by molar-refractivity contribution is 5.86. The second-order valence-electron chi connectivity index (χ2n) is 5.34. The zero-order valence-electron chi connectivity index (χ0n) is 11.9. The van der Waals surface area contributed by atoms with E-state index >= 15 is 0 Å². The molecule has 0 spiro atoms. The van der Waals surface area contributed by atoms with Gasteiger partial charge in [0.1, 0.15) is 5.75 Å². The van der Waals surface area contributed by atoms with Gasteiger partial charge >= 0.3 is 0 Å². The highest BCUT2D eigenvalue weighted by Crippen LogP contribution is 2.23. The van der Waals surface area contributed by atoms with Gasteiger partial charge in [-0.05, 0) is 32.4 Å². The molecule has 1 unspecified atom stereocenters. The average molecular weight is 262 g/mol. The second kappa shape index (κ2) is 5.61. The number of amides is 1. The minimum atomic E-state index is -0.406. The van der Waals surface area contributed by atoms with Crippen LogP contribution in [-0.4, -0.2) is 37.0 Å². The summed E-state index contributed by atoms with van der Waals surface area (Å²) in [7, 11) is 3.50. The number of carbonyl (C=O) groups excluding carboxylic acids is 1. The Bertz CT molecular complexity index is 453. The summed E-state index contributed by atoms with van der Waals surface area (Å²) < 4.78 is 5.32. The maximum Gasteiger partial charge on any atom is 0.242 e. The van der Waals surface area contributed by atoms with Crippen LogP contribution < -0.4 is 10.1 Å². The predicted molar refractivity (Wildman–Crippen MR) is 75.1 cm³/mol. The summed E-state index contributed by atoms with van der Waals surface area (Å²) in [5.74, 6) is 0.975. The van der Waals surface area contributed by atoms with E-state index in [9.17, 15) is 4.79 Å². The quantitative estimate of drug-likeness (QED) is 0.899. The van der Waals surface area contributed by atoms with Crippen LogP contribution in [0.2, 0.25) is 0 Å². The van der Waals surface area contributed by atoms with Crippen molar-refractivity contribution in [3.8, 4) is 5.75 Å². The Balaban J connectivity index is 2.08. The first-order chi connectivity index (χ1) is 9.07. The first-order valence-corrected chi connectivity index (χ1v) is 6.69. The minimum Gasteiger partial charge on any atom is -0.496 e. The van der Waals surface area contributed by atoms with Crippen LogP contribution in [0, 0.1) is 0 Å². The van der Waals surface area contributed by atoms with Crippen LogP contribution in [0.25, 0.3) is 0 Å².